The Morgan fingerprint density at radius 2 is 2.00 bits per heavy atom. The minimum Gasteiger partial charge on any atom is -0.0748 e. The normalized spacial score (nSPS) is 12.0. The second-order valence-corrected chi connectivity index (χ2v) is 7.96. The fourth-order valence-corrected chi connectivity index (χ4v) is 3.27. The standard InChI is InChI=1S/C6H18Si2/c1-7-5-4-6-8(2)3/h8H,4-7H2,1-3H3. The van der Waals surface area contributed by atoms with Crippen molar-refractivity contribution in [2.45, 2.75) is 38.2 Å². The first-order valence-electron chi connectivity index (χ1n) is 3.77. The second kappa shape index (κ2) is 5.57. The molecule has 0 amide bonds. The molecule has 0 aliphatic rings. The molecule has 0 saturated carbocycles. The summed E-state index contributed by atoms with van der Waals surface area (Å²) < 4.78 is 0. The molecule has 0 atom stereocenters. The first kappa shape index (κ1) is 8.43. The highest BCUT2D eigenvalue weighted by atomic mass is 28.3. The van der Waals surface area contributed by atoms with E-state index in [1.165, 1.54) is 0 Å². The van der Waals surface area contributed by atoms with Gasteiger partial charge < -0.3 is 0 Å². The molecular formula is C6H18Si2. The maximum absolute atomic E-state index is 2.44. The summed E-state index contributed by atoms with van der Waals surface area (Å²) in [5.74, 6) is 0. The molecule has 50 valence electrons. The zero-order chi connectivity index (χ0) is 6.41. The van der Waals surface area contributed by atoms with E-state index in [-0.39, 0.29) is 8.80 Å². The van der Waals surface area contributed by atoms with Gasteiger partial charge in [0.15, 0.2) is 0 Å². The van der Waals surface area contributed by atoms with E-state index in [2.05, 4.69) is 19.6 Å². The third kappa shape index (κ3) is 6.43. The van der Waals surface area contributed by atoms with E-state index in [1.54, 1.807) is 18.5 Å². The molecule has 0 nitrogen and oxygen atoms in total. The van der Waals surface area contributed by atoms with Crippen LogP contribution in [0, 0.1) is 0 Å². The summed E-state index contributed by atoms with van der Waals surface area (Å²) in [5, 5.41) is 0. The van der Waals surface area contributed by atoms with Gasteiger partial charge in [0.05, 0.1) is 0 Å². The average molecular weight is 146 g/mol. The lowest BCUT2D eigenvalue weighted by Gasteiger charge is -1.98. The molecule has 0 unspecified atom stereocenters. The first-order valence-corrected chi connectivity index (χ1v) is 9.31. The molecule has 0 aliphatic carbocycles. The third-order valence-electron chi connectivity index (χ3n) is 1.39. The van der Waals surface area contributed by atoms with Crippen LogP contribution in [0.5, 0.6) is 0 Å². The topological polar surface area (TPSA) is 0 Å². The van der Waals surface area contributed by atoms with Gasteiger partial charge in [-0.05, 0) is 0 Å². The van der Waals surface area contributed by atoms with Crippen LogP contribution in [0.1, 0.15) is 6.42 Å². The molecule has 0 aliphatic heterocycles. The largest absolute Gasteiger partial charge is 0.0748 e. The van der Waals surface area contributed by atoms with Crippen molar-refractivity contribution < 1.29 is 0 Å². The summed E-state index contributed by atoms with van der Waals surface area (Å²) in [7, 11) is 0.213. The molecule has 0 aromatic carbocycles. The van der Waals surface area contributed by atoms with Gasteiger partial charge in [-0.3, -0.25) is 0 Å². The summed E-state index contributed by atoms with van der Waals surface area (Å²) in [6.45, 7) is 7.29. The van der Waals surface area contributed by atoms with Gasteiger partial charge in [-0.2, -0.15) is 0 Å². The van der Waals surface area contributed by atoms with Gasteiger partial charge in [-0.25, -0.2) is 0 Å². The molecule has 0 radical (unpaired) electrons. The fourth-order valence-electron chi connectivity index (χ4n) is 0.803. The summed E-state index contributed by atoms with van der Waals surface area (Å²) >= 11 is 0. The van der Waals surface area contributed by atoms with Gasteiger partial charge >= 0.3 is 0 Å². The fraction of sp³-hybridized carbons (Fsp3) is 1.00. The Kier molecular flexibility index (Phi) is 5.87. The summed E-state index contributed by atoms with van der Waals surface area (Å²) in [4.78, 5) is 0. The molecule has 0 heterocycles. The van der Waals surface area contributed by atoms with Gasteiger partial charge in [-0.1, -0.05) is 38.2 Å². The predicted octanol–water partition coefficient (Wildman–Crippen LogP) is 1.50. The molecule has 0 rings (SSSR count). The van der Waals surface area contributed by atoms with Crippen LogP contribution in [0.25, 0.3) is 0 Å². The SMILES string of the molecule is C[SiH2]CCC[SiH](C)C. The smallest absolute Gasteiger partial charge is 0.0305 e. The van der Waals surface area contributed by atoms with Crippen LogP contribution in [-0.4, -0.2) is 18.3 Å². The Hall–Kier alpha value is 0.434. The van der Waals surface area contributed by atoms with Crippen molar-refractivity contribution in [1.29, 1.82) is 0 Å². The average Bonchev–Trinajstić information content (AvgIpc) is 1.66. The van der Waals surface area contributed by atoms with Gasteiger partial charge in [0.25, 0.3) is 0 Å². The molecular weight excluding hydrogens is 128 g/mol. The quantitative estimate of drug-likeness (QED) is 0.416. The lowest BCUT2D eigenvalue weighted by Crippen LogP contribution is -1.98. The van der Waals surface area contributed by atoms with Crippen LogP contribution in [0.3, 0.4) is 0 Å². The van der Waals surface area contributed by atoms with E-state index in [0.29, 0.717) is 9.52 Å². The second-order valence-electron chi connectivity index (χ2n) is 2.89. The molecule has 0 aromatic heterocycles. The Morgan fingerprint density at radius 1 is 1.38 bits per heavy atom. The molecule has 0 N–H and O–H groups in total. The highest BCUT2D eigenvalue weighted by Crippen LogP contribution is 1.99. The minimum absolute atomic E-state index is 0.180. The zero-order valence-corrected chi connectivity index (χ0v) is 8.97. The van der Waals surface area contributed by atoms with Crippen molar-refractivity contribution in [2.75, 3.05) is 0 Å². The van der Waals surface area contributed by atoms with Crippen molar-refractivity contribution in [2.24, 2.45) is 0 Å². The Balaban J connectivity index is 2.72. The molecule has 0 spiro atoms. The molecule has 0 aromatic rings. The van der Waals surface area contributed by atoms with E-state index < -0.39 is 0 Å². The summed E-state index contributed by atoms with van der Waals surface area (Å²) in [5.41, 5.74) is 0. The predicted molar refractivity (Wildman–Crippen MR) is 47.5 cm³/mol. The number of hydrogen-bond donors (Lipinski definition) is 0. The van der Waals surface area contributed by atoms with Gasteiger partial charge in [-0.15, -0.1) is 0 Å². The number of rotatable bonds is 4. The zero-order valence-electron chi connectivity index (χ0n) is 6.41. The van der Waals surface area contributed by atoms with Crippen LogP contribution in [0.4, 0.5) is 0 Å². The highest BCUT2D eigenvalue weighted by molar-refractivity contribution is 6.55. The Morgan fingerprint density at radius 3 is 2.38 bits per heavy atom. The lowest BCUT2D eigenvalue weighted by atomic mass is 10.6. The Bertz CT molecular complexity index is 43.8. The summed E-state index contributed by atoms with van der Waals surface area (Å²) in [6.07, 6.45) is 1.55. The molecule has 0 saturated heterocycles. The molecule has 8 heavy (non-hydrogen) atoms. The first-order chi connectivity index (χ1) is 3.77. The molecule has 2 heteroatoms. The number of hydrogen-bond acceptors (Lipinski definition) is 0. The van der Waals surface area contributed by atoms with Gasteiger partial charge in [0.2, 0.25) is 0 Å². The summed E-state index contributed by atoms with van der Waals surface area (Å²) in [6, 6.07) is 3.17. The van der Waals surface area contributed by atoms with E-state index in [0.717, 1.165) is 0 Å². The van der Waals surface area contributed by atoms with Crippen molar-refractivity contribution in [3.05, 3.63) is 0 Å². The van der Waals surface area contributed by atoms with Crippen LogP contribution < -0.4 is 0 Å². The molecule has 0 bridgehead atoms. The van der Waals surface area contributed by atoms with E-state index in [1.807, 2.05) is 0 Å². The van der Waals surface area contributed by atoms with Gasteiger partial charge in [0, 0.05) is 18.3 Å². The van der Waals surface area contributed by atoms with Crippen molar-refractivity contribution >= 4 is 18.3 Å². The van der Waals surface area contributed by atoms with Crippen LogP contribution in [0.15, 0.2) is 0 Å². The van der Waals surface area contributed by atoms with E-state index in [4.69, 9.17) is 0 Å². The van der Waals surface area contributed by atoms with Crippen molar-refractivity contribution in [1.82, 2.24) is 0 Å². The van der Waals surface area contributed by atoms with Crippen LogP contribution in [0.2, 0.25) is 31.7 Å². The monoisotopic (exact) mass is 146 g/mol. The highest BCUT2D eigenvalue weighted by Gasteiger charge is 1.92. The maximum Gasteiger partial charge on any atom is 0.0305 e. The maximum atomic E-state index is 2.44. The van der Waals surface area contributed by atoms with Crippen LogP contribution in [-0.2, 0) is 0 Å². The van der Waals surface area contributed by atoms with Gasteiger partial charge in [0.1, 0.15) is 0 Å². The molecule has 0 fully saturated rings. The Labute approximate surface area is 57.1 Å². The third-order valence-corrected chi connectivity index (χ3v) is 4.16. The van der Waals surface area contributed by atoms with Crippen molar-refractivity contribution in [3.8, 4) is 0 Å². The lowest BCUT2D eigenvalue weighted by molar-refractivity contribution is 1.05. The minimum atomic E-state index is -0.180. The van der Waals surface area contributed by atoms with Crippen LogP contribution >= 0.6 is 0 Å². The van der Waals surface area contributed by atoms with E-state index in [9.17, 15) is 0 Å². The van der Waals surface area contributed by atoms with Crippen molar-refractivity contribution in [3.63, 3.8) is 0 Å². The van der Waals surface area contributed by atoms with E-state index >= 15 is 0 Å².